The quantitative estimate of drug-likeness (QED) is 0.748. The highest BCUT2D eigenvalue weighted by Gasteiger charge is 2.51. The van der Waals surface area contributed by atoms with E-state index in [2.05, 4.69) is 5.32 Å². The summed E-state index contributed by atoms with van der Waals surface area (Å²) < 4.78 is 26.7. The summed E-state index contributed by atoms with van der Waals surface area (Å²) in [5.41, 5.74) is 0.890. The van der Waals surface area contributed by atoms with E-state index in [0.29, 0.717) is 34.4 Å². The first kappa shape index (κ1) is 19.7. The molecule has 1 aliphatic rings. The Bertz CT molecular complexity index is 850. The molecule has 2 aromatic rings. The molecule has 0 heterocycles. The predicted octanol–water partition coefficient (Wildman–Crippen LogP) is 3.40. The molecule has 0 spiro atoms. The zero-order valence-electron chi connectivity index (χ0n) is 16.8. The van der Waals surface area contributed by atoms with Crippen molar-refractivity contribution in [1.82, 2.24) is 0 Å². The average molecular weight is 387 g/mol. The number of hydrogen-bond acceptors (Lipinski definition) is 6. The van der Waals surface area contributed by atoms with Gasteiger partial charge in [0.25, 0.3) is 0 Å². The standard InChI is InChI=1S/C21H25NO6/c1-24-15-7-6-13(10-16(15)25-2)21(8-9-21)20(23)22-14-11-17(26-3)19(28-5)18(12-14)27-4/h6-7,10-12H,8-9H2,1-5H3,(H,22,23). The summed E-state index contributed by atoms with van der Waals surface area (Å²) in [5, 5.41) is 2.98. The molecule has 1 aliphatic carbocycles. The van der Waals surface area contributed by atoms with Crippen LogP contribution in [-0.2, 0) is 10.2 Å². The van der Waals surface area contributed by atoms with Gasteiger partial charge in [0.05, 0.1) is 41.0 Å². The number of benzene rings is 2. The lowest BCUT2D eigenvalue weighted by Crippen LogP contribution is -2.27. The van der Waals surface area contributed by atoms with E-state index in [0.717, 1.165) is 18.4 Å². The molecular weight excluding hydrogens is 362 g/mol. The van der Waals surface area contributed by atoms with Crippen LogP contribution in [0.5, 0.6) is 28.7 Å². The molecule has 1 N–H and O–H groups in total. The predicted molar refractivity (Wildman–Crippen MR) is 105 cm³/mol. The highest BCUT2D eigenvalue weighted by molar-refractivity contribution is 6.02. The van der Waals surface area contributed by atoms with Gasteiger partial charge in [0.2, 0.25) is 11.7 Å². The van der Waals surface area contributed by atoms with Crippen molar-refractivity contribution >= 4 is 11.6 Å². The van der Waals surface area contributed by atoms with Gasteiger partial charge < -0.3 is 29.0 Å². The lowest BCUT2D eigenvalue weighted by molar-refractivity contribution is -0.118. The van der Waals surface area contributed by atoms with Crippen molar-refractivity contribution in [3.8, 4) is 28.7 Å². The van der Waals surface area contributed by atoms with E-state index < -0.39 is 5.41 Å². The number of amides is 1. The van der Waals surface area contributed by atoms with Crippen molar-refractivity contribution < 1.29 is 28.5 Å². The van der Waals surface area contributed by atoms with Crippen molar-refractivity contribution in [2.24, 2.45) is 0 Å². The van der Waals surface area contributed by atoms with Gasteiger partial charge in [0.15, 0.2) is 23.0 Å². The third-order valence-corrected chi connectivity index (χ3v) is 5.04. The van der Waals surface area contributed by atoms with Crippen LogP contribution in [0.1, 0.15) is 18.4 Å². The third-order valence-electron chi connectivity index (χ3n) is 5.04. The maximum absolute atomic E-state index is 13.1. The van der Waals surface area contributed by atoms with Gasteiger partial charge in [-0.1, -0.05) is 6.07 Å². The Morgan fingerprint density at radius 2 is 1.36 bits per heavy atom. The normalized spacial score (nSPS) is 14.0. The summed E-state index contributed by atoms with van der Waals surface area (Å²) in [6.45, 7) is 0. The zero-order valence-corrected chi connectivity index (χ0v) is 16.8. The molecule has 1 fully saturated rings. The highest BCUT2D eigenvalue weighted by atomic mass is 16.5. The second-order valence-electron chi connectivity index (χ2n) is 6.52. The number of carbonyl (C=O) groups is 1. The number of ether oxygens (including phenoxy) is 5. The van der Waals surface area contributed by atoms with Crippen LogP contribution in [0.15, 0.2) is 30.3 Å². The van der Waals surface area contributed by atoms with Crippen molar-refractivity contribution in [3.63, 3.8) is 0 Å². The molecule has 0 aromatic heterocycles. The minimum Gasteiger partial charge on any atom is -0.493 e. The largest absolute Gasteiger partial charge is 0.493 e. The van der Waals surface area contributed by atoms with Gasteiger partial charge >= 0.3 is 0 Å². The molecule has 3 rings (SSSR count). The molecule has 7 heteroatoms. The summed E-state index contributed by atoms with van der Waals surface area (Å²) in [5.74, 6) is 2.58. The van der Waals surface area contributed by atoms with E-state index in [9.17, 15) is 4.79 Å². The maximum atomic E-state index is 13.1. The van der Waals surface area contributed by atoms with Crippen molar-refractivity contribution in [1.29, 1.82) is 0 Å². The fraction of sp³-hybridized carbons (Fsp3) is 0.381. The van der Waals surface area contributed by atoms with E-state index in [-0.39, 0.29) is 5.91 Å². The van der Waals surface area contributed by atoms with Gasteiger partial charge in [-0.05, 0) is 30.5 Å². The zero-order chi connectivity index (χ0) is 20.3. The van der Waals surface area contributed by atoms with Crippen molar-refractivity contribution in [2.75, 3.05) is 40.9 Å². The Labute approximate surface area is 164 Å². The monoisotopic (exact) mass is 387 g/mol. The highest BCUT2D eigenvalue weighted by Crippen LogP contribution is 2.51. The van der Waals surface area contributed by atoms with Gasteiger partial charge in [-0.25, -0.2) is 0 Å². The average Bonchev–Trinajstić information content (AvgIpc) is 3.54. The number of carbonyl (C=O) groups excluding carboxylic acids is 1. The minimum atomic E-state index is -0.583. The van der Waals surface area contributed by atoms with E-state index in [1.165, 1.54) is 21.3 Å². The lowest BCUT2D eigenvalue weighted by Gasteiger charge is -2.19. The first-order chi connectivity index (χ1) is 13.5. The second-order valence-corrected chi connectivity index (χ2v) is 6.52. The topological polar surface area (TPSA) is 75.3 Å². The van der Waals surface area contributed by atoms with Crippen molar-refractivity contribution in [3.05, 3.63) is 35.9 Å². The van der Waals surface area contributed by atoms with Gasteiger partial charge in [-0.2, -0.15) is 0 Å². The fourth-order valence-electron chi connectivity index (χ4n) is 3.31. The van der Waals surface area contributed by atoms with Crippen molar-refractivity contribution in [2.45, 2.75) is 18.3 Å². The Balaban J connectivity index is 1.89. The van der Waals surface area contributed by atoms with Crippen LogP contribution in [-0.4, -0.2) is 41.5 Å². The van der Waals surface area contributed by atoms with Crippen LogP contribution in [0, 0.1) is 0 Å². The Kier molecular flexibility index (Phi) is 5.53. The molecule has 1 saturated carbocycles. The molecule has 0 unspecified atom stereocenters. The first-order valence-electron chi connectivity index (χ1n) is 8.87. The number of nitrogens with one attached hydrogen (secondary N) is 1. The van der Waals surface area contributed by atoms with Crippen LogP contribution in [0.3, 0.4) is 0 Å². The Morgan fingerprint density at radius 1 is 0.786 bits per heavy atom. The third kappa shape index (κ3) is 3.40. The second kappa shape index (κ2) is 7.88. The van der Waals surface area contributed by atoms with Crippen LogP contribution >= 0.6 is 0 Å². The van der Waals surface area contributed by atoms with Crippen LogP contribution in [0.4, 0.5) is 5.69 Å². The van der Waals surface area contributed by atoms with E-state index in [4.69, 9.17) is 23.7 Å². The van der Waals surface area contributed by atoms with E-state index in [1.807, 2.05) is 18.2 Å². The van der Waals surface area contributed by atoms with Crippen LogP contribution < -0.4 is 29.0 Å². The number of rotatable bonds is 8. The molecule has 0 radical (unpaired) electrons. The van der Waals surface area contributed by atoms with Gasteiger partial charge in [-0.15, -0.1) is 0 Å². The van der Waals surface area contributed by atoms with Gasteiger partial charge in [0.1, 0.15) is 0 Å². The minimum absolute atomic E-state index is 0.0889. The van der Waals surface area contributed by atoms with Crippen LogP contribution in [0.25, 0.3) is 0 Å². The van der Waals surface area contributed by atoms with Gasteiger partial charge in [-0.3, -0.25) is 4.79 Å². The smallest absolute Gasteiger partial charge is 0.235 e. The first-order valence-corrected chi connectivity index (χ1v) is 8.87. The lowest BCUT2D eigenvalue weighted by atomic mass is 9.94. The van der Waals surface area contributed by atoms with E-state index >= 15 is 0 Å². The molecule has 7 nitrogen and oxygen atoms in total. The maximum Gasteiger partial charge on any atom is 0.235 e. The SMILES string of the molecule is COc1ccc(C2(C(=O)Nc3cc(OC)c(OC)c(OC)c3)CC2)cc1OC. The van der Waals surface area contributed by atoms with Crippen LogP contribution in [0.2, 0.25) is 0 Å². The number of hydrogen-bond donors (Lipinski definition) is 1. The molecule has 150 valence electrons. The molecule has 0 aliphatic heterocycles. The summed E-state index contributed by atoms with van der Waals surface area (Å²) in [7, 11) is 7.78. The summed E-state index contributed by atoms with van der Waals surface area (Å²) in [6, 6.07) is 9.01. The molecular formula is C21H25NO6. The fourth-order valence-corrected chi connectivity index (χ4v) is 3.31. The molecule has 1 amide bonds. The number of anilines is 1. The molecule has 0 saturated heterocycles. The molecule has 2 aromatic carbocycles. The van der Waals surface area contributed by atoms with E-state index in [1.54, 1.807) is 26.4 Å². The molecule has 28 heavy (non-hydrogen) atoms. The molecule has 0 bridgehead atoms. The summed E-state index contributed by atoms with van der Waals surface area (Å²) in [4.78, 5) is 13.1. The summed E-state index contributed by atoms with van der Waals surface area (Å²) >= 11 is 0. The number of methoxy groups -OCH3 is 5. The molecule has 0 atom stereocenters. The van der Waals surface area contributed by atoms with Gasteiger partial charge in [0, 0.05) is 17.8 Å². The Hall–Kier alpha value is -3.09. The summed E-state index contributed by atoms with van der Waals surface area (Å²) in [6.07, 6.45) is 1.53. The Morgan fingerprint density at radius 3 is 1.82 bits per heavy atom.